The van der Waals surface area contributed by atoms with Crippen LogP contribution in [-0.2, 0) is 6.42 Å². The molecule has 0 amide bonds. The van der Waals surface area contributed by atoms with Gasteiger partial charge in [0.15, 0.2) is 0 Å². The van der Waals surface area contributed by atoms with Gasteiger partial charge in [0.05, 0.1) is 12.8 Å². The minimum absolute atomic E-state index is 0.589. The minimum Gasteiger partial charge on any atom is -0.495 e. The van der Waals surface area contributed by atoms with E-state index in [1.165, 1.54) is 36.1 Å². The van der Waals surface area contributed by atoms with Gasteiger partial charge in [0.1, 0.15) is 5.75 Å². The van der Waals surface area contributed by atoms with E-state index in [0.29, 0.717) is 5.41 Å². The molecular weight excluding hydrogens is 186 g/mol. The predicted molar refractivity (Wildman–Crippen MR) is 61.6 cm³/mol. The average Bonchev–Trinajstić information content (AvgIpc) is 2.96. The van der Waals surface area contributed by atoms with Crippen LogP contribution in [0.15, 0.2) is 12.1 Å². The molecule has 0 aromatic heterocycles. The van der Waals surface area contributed by atoms with Crippen molar-refractivity contribution >= 4 is 5.69 Å². The molecule has 80 valence electrons. The summed E-state index contributed by atoms with van der Waals surface area (Å²) in [6.07, 6.45) is 4.00. The normalized spacial score (nSPS) is 20.7. The van der Waals surface area contributed by atoms with Crippen LogP contribution < -0.4 is 10.1 Å². The molecule has 1 aromatic rings. The molecular formula is C13H17NO. The molecule has 0 unspecified atom stereocenters. The Bertz CT molecular complexity index is 407. The second-order valence-corrected chi connectivity index (χ2v) is 5.03. The van der Waals surface area contributed by atoms with Gasteiger partial charge in [-0.2, -0.15) is 0 Å². The van der Waals surface area contributed by atoms with Gasteiger partial charge < -0.3 is 10.1 Å². The zero-order valence-corrected chi connectivity index (χ0v) is 9.39. The second kappa shape index (κ2) is 2.91. The first-order valence-electron chi connectivity index (χ1n) is 5.64. The number of hydrogen-bond acceptors (Lipinski definition) is 2. The maximum Gasteiger partial charge on any atom is 0.142 e. The van der Waals surface area contributed by atoms with Crippen LogP contribution in [0.3, 0.4) is 0 Å². The van der Waals surface area contributed by atoms with Gasteiger partial charge in [0, 0.05) is 6.54 Å². The van der Waals surface area contributed by atoms with Crippen molar-refractivity contribution in [1.82, 2.24) is 0 Å². The van der Waals surface area contributed by atoms with Crippen LogP contribution in [-0.4, -0.2) is 13.7 Å². The summed E-state index contributed by atoms with van der Waals surface area (Å²) in [5.41, 5.74) is 4.55. The smallest absolute Gasteiger partial charge is 0.142 e. The third kappa shape index (κ3) is 1.39. The van der Waals surface area contributed by atoms with Crippen LogP contribution in [0.5, 0.6) is 5.75 Å². The van der Waals surface area contributed by atoms with Crippen LogP contribution in [0.25, 0.3) is 0 Å². The summed E-state index contributed by atoms with van der Waals surface area (Å²) in [4.78, 5) is 0. The van der Waals surface area contributed by atoms with Crippen molar-refractivity contribution in [3.63, 3.8) is 0 Å². The highest BCUT2D eigenvalue weighted by Gasteiger charge is 2.45. The van der Waals surface area contributed by atoms with E-state index in [1.807, 2.05) is 0 Å². The van der Waals surface area contributed by atoms with E-state index in [9.17, 15) is 0 Å². The van der Waals surface area contributed by atoms with Gasteiger partial charge in [-0.1, -0.05) is 6.07 Å². The molecule has 0 saturated heterocycles. The van der Waals surface area contributed by atoms with Gasteiger partial charge in [0.2, 0.25) is 0 Å². The molecule has 1 aromatic carbocycles. The molecule has 1 spiro atoms. The number of fused-ring (bicyclic) bond motifs is 1. The van der Waals surface area contributed by atoms with Crippen LogP contribution in [0.1, 0.15) is 24.0 Å². The highest BCUT2D eigenvalue weighted by Crippen LogP contribution is 2.52. The predicted octanol–water partition coefficient (Wildman–Crippen LogP) is 2.75. The van der Waals surface area contributed by atoms with Crippen LogP contribution in [0, 0.1) is 12.3 Å². The summed E-state index contributed by atoms with van der Waals surface area (Å²) in [5.74, 6) is 1.00. The molecule has 1 aliphatic carbocycles. The van der Waals surface area contributed by atoms with E-state index in [0.717, 1.165) is 12.3 Å². The van der Waals surface area contributed by atoms with Crippen molar-refractivity contribution in [3.8, 4) is 5.75 Å². The first-order chi connectivity index (χ1) is 7.22. The van der Waals surface area contributed by atoms with Gasteiger partial charge >= 0.3 is 0 Å². The molecule has 2 heteroatoms. The number of benzene rings is 1. The van der Waals surface area contributed by atoms with E-state index >= 15 is 0 Å². The first-order valence-corrected chi connectivity index (χ1v) is 5.64. The molecule has 1 aliphatic heterocycles. The Balaban J connectivity index is 2.05. The maximum atomic E-state index is 5.42. The lowest BCUT2D eigenvalue weighted by atomic mass is 9.90. The molecule has 0 bridgehead atoms. The molecule has 2 aliphatic rings. The molecule has 0 atom stereocenters. The van der Waals surface area contributed by atoms with Gasteiger partial charge in [-0.15, -0.1) is 0 Å². The summed E-state index contributed by atoms with van der Waals surface area (Å²) in [7, 11) is 1.75. The SMILES string of the molecule is COc1cc(C)cc2c1NCC1(CC1)C2. The largest absolute Gasteiger partial charge is 0.495 e. The fraction of sp³-hybridized carbons (Fsp3) is 0.538. The zero-order valence-electron chi connectivity index (χ0n) is 9.39. The van der Waals surface area contributed by atoms with E-state index in [1.54, 1.807) is 7.11 Å². The maximum absolute atomic E-state index is 5.42. The number of methoxy groups -OCH3 is 1. The van der Waals surface area contributed by atoms with Crippen molar-refractivity contribution in [2.45, 2.75) is 26.2 Å². The monoisotopic (exact) mass is 203 g/mol. The van der Waals surface area contributed by atoms with E-state index < -0.39 is 0 Å². The molecule has 2 nitrogen and oxygen atoms in total. The molecule has 1 fully saturated rings. The van der Waals surface area contributed by atoms with Gasteiger partial charge in [-0.25, -0.2) is 0 Å². The van der Waals surface area contributed by atoms with Crippen molar-refractivity contribution in [2.24, 2.45) is 5.41 Å². The quantitative estimate of drug-likeness (QED) is 0.757. The number of nitrogens with one attached hydrogen (secondary N) is 1. The van der Waals surface area contributed by atoms with Gasteiger partial charge in [-0.3, -0.25) is 0 Å². The third-order valence-corrected chi connectivity index (χ3v) is 3.71. The fourth-order valence-electron chi connectivity index (χ4n) is 2.60. The zero-order chi connectivity index (χ0) is 10.5. The molecule has 1 N–H and O–H groups in total. The standard InChI is InChI=1S/C13H17NO/c1-9-5-10-7-13(3-4-13)8-14-12(10)11(6-9)15-2/h5-6,14H,3-4,7-8H2,1-2H3. The lowest BCUT2D eigenvalue weighted by molar-refractivity contribution is 0.412. The number of hydrogen-bond donors (Lipinski definition) is 1. The molecule has 3 rings (SSSR count). The Morgan fingerprint density at radius 2 is 2.13 bits per heavy atom. The van der Waals surface area contributed by atoms with Crippen LogP contribution in [0.4, 0.5) is 5.69 Å². The number of rotatable bonds is 1. The van der Waals surface area contributed by atoms with Gasteiger partial charge in [0.25, 0.3) is 0 Å². The summed E-state index contributed by atoms with van der Waals surface area (Å²) in [5, 5.41) is 3.54. The summed E-state index contributed by atoms with van der Waals surface area (Å²) in [6.45, 7) is 3.26. The Hall–Kier alpha value is -1.18. The first kappa shape index (κ1) is 9.08. The van der Waals surface area contributed by atoms with Crippen LogP contribution in [0.2, 0.25) is 0 Å². The molecule has 15 heavy (non-hydrogen) atoms. The minimum atomic E-state index is 0.589. The van der Waals surface area contributed by atoms with Crippen molar-refractivity contribution in [1.29, 1.82) is 0 Å². The topological polar surface area (TPSA) is 21.3 Å². The second-order valence-electron chi connectivity index (χ2n) is 5.03. The Labute approximate surface area is 90.6 Å². The summed E-state index contributed by atoms with van der Waals surface area (Å²) in [6, 6.07) is 4.40. The molecule has 1 heterocycles. The van der Waals surface area contributed by atoms with Crippen molar-refractivity contribution in [3.05, 3.63) is 23.3 Å². The van der Waals surface area contributed by atoms with E-state index in [-0.39, 0.29) is 0 Å². The Morgan fingerprint density at radius 3 is 2.80 bits per heavy atom. The highest BCUT2D eigenvalue weighted by atomic mass is 16.5. The summed E-state index contributed by atoms with van der Waals surface area (Å²) < 4.78 is 5.42. The molecule has 0 radical (unpaired) electrons. The lowest BCUT2D eigenvalue weighted by Crippen LogP contribution is -2.24. The number of anilines is 1. The molecule has 1 saturated carbocycles. The van der Waals surface area contributed by atoms with E-state index in [4.69, 9.17) is 4.74 Å². The number of ether oxygens (including phenoxy) is 1. The van der Waals surface area contributed by atoms with Crippen molar-refractivity contribution in [2.75, 3.05) is 19.0 Å². The van der Waals surface area contributed by atoms with Crippen LogP contribution >= 0.6 is 0 Å². The Morgan fingerprint density at radius 1 is 1.33 bits per heavy atom. The third-order valence-electron chi connectivity index (χ3n) is 3.71. The highest BCUT2D eigenvalue weighted by molar-refractivity contribution is 5.65. The number of aryl methyl sites for hydroxylation is 1. The Kier molecular flexibility index (Phi) is 1.76. The summed E-state index contributed by atoms with van der Waals surface area (Å²) >= 11 is 0. The lowest BCUT2D eigenvalue weighted by Gasteiger charge is -2.27. The van der Waals surface area contributed by atoms with Crippen molar-refractivity contribution < 1.29 is 4.74 Å². The van der Waals surface area contributed by atoms with E-state index in [2.05, 4.69) is 24.4 Å². The average molecular weight is 203 g/mol. The fourth-order valence-corrected chi connectivity index (χ4v) is 2.60. The van der Waals surface area contributed by atoms with Gasteiger partial charge in [-0.05, 0) is 48.8 Å².